The Kier molecular flexibility index (Phi) is 6.82. The maximum absolute atomic E-state index is 13.7. The summed E-state index contributed by atoms with van der Waals surface area (Å²) in [6, 6.07) is 4.39. The average Bonchev–Trinajstić information content (AvgIpc) is 3.57. The Morgan fingerprint density at radius 3 is 2.71 bits per heavy atom. The molecular formula is C27H32F3N5O2S. The van der Waals surface area contributed by atoms with Crippen molar-refractivity contribution < 1.29 is 22.5 Å². The fraction of sp³-hybridized carbons (Fsp3) is 0.556. The molecule has 3 aromatic rings. The molecule has 2 unspecified atom stereocenters. The molecule has 3 fully saturated rings. The van der Waals surface area contributed by atoms with Crippen LogP contribution in [0.2, 0.25) is 0 Å². The summed E-state index contributed by atoms with van der Waals surface area (Å²) in [4.78, 5) is 14.1. The first kappa shape index (κ1) is 25.9. The molecule has 2 aromatic heterocycles. The molecule has 0 saturated carbocycles. The predicted molar refractivity (Wildman–Crippen MR) is 140 cm³/mol. The van der Waals surface area contributed by atoms with Gasteiger partial charge in [0.1, 0.15) is 11.5 Å². The first-order valence-corrected chi connectivity index (χ1v) is 14.6. The number of halogens is 3. The van der Waals surface area contributed by atoms with Gasteiger partial charge in [-0.05, 0) is 37.1 Å². The maximum atomic E-state index is 13.7. The van der Waals surface area contributed by atoms with Gasteiger partial charge >= 0.3 is 6.18 Å². The van der Waals surface area contributed by atoms with Crippen LogP contribution in [0.1, 0.15) is 40.9 Å². The molecule has 1 aromatic carbocycles. The SMILES string of the molecule is Cc1c(Cc2c(CN3CCC4(CC[S+]([O-])C4)C3)nc3ncc(N4CCOCC4)cn23)cccc1C(F)(F)F. The van der Waals surface area contributed by atoms with E-state index in [2.05, 4.69) is 14.8 Å². The van der Waals surface area contributed by atoms with Crippen molar-refractivity contribution in [1.82, 2.24) is 19.3 Å². The van der Waals surface area contributed by atoms with Gasteiger partial charge in [0.2, 0.25) is 5.78 Å². The first-order chi connectivity index (χ1) is 18.2. The molecule has 0 amide bonds. The zero-order valence-corrected chi connectivity index (χ0v) is 22.3. The van der Waals surface area contributed by atoms with Gasteiger partial charge in [0.25, 0.3) is 0 Å². The Balaban J connectivity index is 1.36. The van der Waals surface area contributed by atoms with Crippen LogP contribution < -0.4 is 4.90 Å². The topological polar surface area (TPSA) is 69.0 Å². The molecule has 11 heteroatoms. The summed E-state index contributed by atoms with van der Waals surface area (Å²) in [7, 11) is 0. The van der Waals surface area contributed by atoms with Crippen molar-refractivity contribution in [2.45, 2.75) is 38.9 Å². The van der Waals surface area contributed by atoms with Gasteiger partial charge in [-0.2, -0.15) is 13.2 Å². The summed E-state index contributed by atoms with van der Waals surface area (Å²) >= 11 is -0.736. The molecule has 38 heavy (non-hydrogen) atoms. The van der Waals surface area contributed by atoms with E-state index in [4.69, 9.17) is 9.72 Å². The van der Waals surface area contributed by atoms with Gasteiger partial charge in [0, 0.05) is 50.6 Å². The summed E-state index contributed by atoms with van der Waals surface area (Å²) in [5.41, 5.74) is 3.03. The molecule has 0 N–H and O–H groups in total. The Bertz CT molecular complexity index is 1330. The summed E-state index contributed by atoms with van der Waals surface area (Å²) in [5, 5.41) is 0. The van der Waals surface area contributed by atoms with Crippen LogP contribution in [0.4, 0.5) is 18.9 Å². The van der Waals surface area contributed by atoms with Gasteiger partial charge in [-0.25, -0.2) is 9.97 Å². The number of morpholine rings is 1. The zero-order valence-electron chi connectivity index (χ0n) is 21.5. The van der Waals surface area contributed by atoms with E-state index in [9.17, 15) is 17.7 Å². The van der Waals surface area contributed by atoms with Gasteiger partial charge in [-0.3, -0.25) is 9.30 Å². The van der Waals surface area contributed by atoms with E-state index in [1.54, 1.807) is 13.0 Å². The lowest BCUT2D eigenvalue weighted by atomic mass is 9.87. The third-order valence-electron chi connectivity index (χ3n) is 8.35. The Morgan fingerprint density at radius 1 is 1.16 bits per heavy atom. The minimum absolute atomic E-state index is 0.115. The predicted octanol–water partition coefficient (Wildman–Crippen LogP) is 3.83. The van der Waals surface area contributed by atoms with Crippen molar-refractivity contribution in [3.05, 3.63) is 58.7 Å². The second-order valence-electron chi connectivity index (χ2n) is 10.8. The molecule has 0 aliphatic carbocycles. The van der Waals surface area contributed by atoms with E-state index in [1.165, 1.54) is 6.07 Å². The smallest absolute Gasteiger partial charge is 0.416 e. The number of anilines is 1. The molecule has 3 aliphatic rings. The van der Waals surface area contributed by atoms with Crippen LogP contribution in [0.15, 0.2) is 30.6 Å². The van der Waals surface area contributed by atoms with Crippen LogP contribution in [0.5, 0.6) is 0 Å². The van der Waals surface area contributed by atoms with Gasteiger partial charge in [-0.15, -0.1) is 0 Å². The number of aromatic nitrogens is 3. The molecule has 3 saturated heterocycles. The Morgan fingerprint density at radius 2 is 1.97 bits per heavy atom. The molecule has 204 valence electrons. The van der Waals surface area contributed by atoms with Crippen LogP contribution in [-0.4, -0.2) is 74.7 Å². The number of hydrogen-bond acceptors (Lipinski definition) is 6. The van der Waals surface area contributed by atoms with Crippen LogP contribution in [0, 0.1) is 12.3 Å². The quantitative estimate of drug-likeness (QED) is 0.453. The van der Waals surface area contributed by atoms with E-state index in [1.807, 2.05) is 16.8 Å². The van der Waals surface area contributed by atoms with Crippen molar-refractivity contribution in [1.29, 1.82) is 0 Å². The largest absolute Gasteiger partial charge is 0.616 e. The number of fused-ring (bicyclic) bond motifs is 1. The molecule has 6 rings (SSSR count). The molecule has 7 nitrogen and oxygen atoms in total. The Hall–Kier alpha value is -2.34. The molecule has 2 atom stereocenters. The van der Waals surface area contributed by atoms with E-state index < -0.39 is 22.9 Å². The van der Waals surface area contributed by atoms with E-state index in [0.717, 1.165) is 73.7 Å². The van der Waals surface area contributed by atoms with Crippen LogP contribution >= 0.6 is 0 Å². The lowest BCUT2D eigenvalue weighted by molar-refractivity contribution is -0.138. The fourth-order valence-electron chi connectivity index (χ4n) is 6.19. The highest BCUT2D eigenvalue weighted by Crippen LogP contribution is 2.41. The molecule has 0 radical (unpaired) electrons. The lowest BCUT2D eigenvalue weighted by Crippen LogP contribution is -2.36. The number of hydrogen-bond donors (Lipinski definition) is 0. The second kappa shape index (κ2) is 10.0. The highest BCUT2D eigenvalue weighted by Gasteiger charge is 2.46. The van der Waals surface area contributed by atoms with Crippen molar-refractivity contribution >= 4 is 22.6 Å². The minimum Gasteiger partial charge on any atom is -0.616 e. The third kappa shape index (κ3) is 5.01. The van der Waals surface area contributed by atoms with Crippen molar-refractivity contribution in [3.63, 3.8) is 0 Å². The third-order valence-corrected chi connectivity index (χ3v) is 9.95. The van der Waals surface area contributed by atoms with Crippen molar-refractivity contribution in [2.24, 2.45) is 5.41 Å². The van der Waals surface area contributed by atoms with Crippen molar-refractivity contribution in [3.8, 4) is 0 Å². The maximum Gasteiger partial charge on any atom is 0.416 e. The first-order valence-electron chi connectivity index (χ1n) is 13.1. The number of ether oxygens (including phenoxy) is 1. The Labute approximate surface area is 223 Å². The van der Waals surface area contributed by atoms with Crippen molar-refractivity contribution in [2.75, 3.05) is 55.8 Å². The number of alkyl halides is 3. The highest BCUT2D eigenvalue weighted by molar-refractivity contribution is 7.91. The number of benzene rings is 1. The number of imidazole rings is 1. The van der Waals surface area contributed by atoms with E-state index in [-0.39, 0.29) is 11.0 Å². The number of likely N-dealkylation sites (tertiary alicyclic amines) is 1. The van der Waals surface area contributed by atoms with Gasteiger partial charge in [-0.1, -0.05) is 23.3 Å². The lowest BCUT2D eigenvalue weighted by Gasteiger charge is -2.28. The molecule has 5 heterocycles. The average molecular weight is 548 g/mol. The standard InChI is InChI=1S/C27H32F3N5O2S/c1-19-20(3-2-4-22(19)27(28,29)30)13-24-23(16-33-7-5-26(17-33)6-12-38(36)18-26)32-25-31-14-21(15-35(24)25)34-8-10-37-11-9-34/h2-4,14-15H,5-13,16-18H2,1H3. The molecular weight excluding hydrogens is 515 g/mol. The van der Waals surface area contributed by atoms with Crippen LogP contribution in [0.3, 0.4) is 0 Å². The molecule has 1 spiro atoms. The minimum atomic E-state index is -4.40. The van der Waals surface area contributed by atoms with Gasteiger partial charge in [0.15, 0.2) is 0 Å². The van der Waals surface area contributed by atoms with E-state index in [0.29, 0.717) is 37.5 Å². The van der Waals surface area contributed by atoms with E-state index >= 15 is 0 Å². The second-order valence-corrected chi connectivity index (χ2v) is 12.4. The summed E-state index contributed by atoms with van der Waals surface area (Å²) in [5.74, 6) is 2.08. The fourth-order valence-corrected chi connectivity index (χ4v) is 8.06. The summed E-state index contributed by atoms with van der Waals surface area (Å²) in [6.45, 7) is 6.72. The molecule has 3 aliphatic heterocycles. The van der Waals surface area contributed by atoms with Gasteiger partial charge in [0.05, 0.1) is 42.0 Å². The number of nitrogens with zero attached hydrogens (tertiary/aromatic N) is 5. The zero-order chi connectivity index (χ0) is 26.5. The van der Waals surface area contributed by atoms with Gasteiger partial charge < -0.3 is 14.2 Å². The van der Waals surface area contributed by atoms with Crippen LogP contribution in [-0.2, 0) is 35.1 Å². The summed E-state index contributed by atoms with van der Waals surface area (Å²) < 4.78 is 60.6. The van der Waals surface area contributed by atoms with Crippen LogP contribution in [0.25, 0.3) is 5.78 Å². The molecule has 0 bridgehead atoms. The summed E-state index contributed by atoms with van der Waals surface area (Å²) in [6.07, 6.45) is 1.75. The number of rotatable bonds is 5. The normalized spacial score (nSPS) is 24.8. The highest BCUT2D eigenvalue weighted by atomic mass is 32.2. The monoisotopic (exact) mass is 547 g/mol.